The molecule has 2 heterocycles. The Hall–Kier alpha value is -2.47. The molecule has 1 aliphatic rings. The first-order valence-corrected chi connectivity index (χ1v) is 8.99. The molecule has 138 valence electrons. The van der Waals surface area contributed by atoms with E-state index in [1.165, 1.54) is 6.07 Å². The average molecular weight is 356 g/mol. The minimum atomic E-state index is -0.201. The van der Waals surface area contributed by atoms with Crippen molar-refractivity contribution in [3.8, 4) is 0 Å². The number of amides is 1. The number of hydrogen-bond donors (Lipinski definition) is 1. The van der Waals surface area contributed by atoms with Crippen molar-refractivity contribution in [2.75, 3.05) is 31.1 Å². The Morgan fingerprint density at radius 1 is 1.15 bits per heavy atom. The number of halogens is 1. The number of piperazine rings is 1. The van der Waals surface area contributed by atoms with Crippen LogP contribution in [0.4, 0.5) is 10.1 Å². The van der Waals surface area contributed by atoms with Crippen molar-refractivity contribution in [1.29, 1.82) is 0 Å². The summed E-state index contributed by atoms with van der Waals surface area (Å²) in [5.41, 5.74) is 9.03. The number of rotatable bonds is 5. The number of aromatic nitrogens is 1. The standard InChI is InChI=1S/C20H25FN4O/c1-15(26)24-8-10-25(11-9-24)19-7-6-18(23-14-19)5-4-17-3-2-16(13-22)12-20(17)21/h2-3,6-7,12,14H,4-5,8-11,13,22H2,1H3. The number of carbonyl (C=O) groups excluding carboxylic acids is 1. The van der Waals surface area contributed by atoms with E-state index in [9.17, 15) is 9.18 Å². The van der Waals surface area contributed by atoms with Crippen LogP contribution in [0.3, 0.4) is 0 Å². The van der Waals surface area contributed by atoms with Gasteiger partial charge in [0.2, 0.25) is 5.91 Å². The van der Waals surface area contributed by atoms with E-state index in [1.54, 1.807) is 13.0 Å². The molecule has 1 amide bonds. The van der Waals surface area contributed by atoms with Crippen LogP contribution in [0.25, 0.3) is 0 Å². The number of nitrogens with zero attached hydrogens (tertiary/aromatic N) is 3. The van der Waals surface area contributed by atoms with Crippen LogP contribution in [0.1, 0.15) is 23.7 Å². The largest absolute Gasteiger partial charge is 0.367 e. The van der Waals surface area contributed by atoms with E-state index in [2.05, 4.69) is 16.0 Å². The third-order valence-corrected chi connectivity index (χ3v) is 4.90. The lowest BCUT2D eigenvalue weighted by atomic mass is 10.0. The van der Waals surface area contributed by atoms with E-state index >= 15 is 0 Å². The highest BCUT2D eigenvalue weighted by Crippen LogP contribution is 2.17. The van der Waals surface area contributed by atoms with E-state index in [1.807, 2.05) is 23.2 Å². The van der Waals surface area contributed by atoms with Gasteiger partial charge in [0.05, 0.1) is 11.9 Å². The van der Waals surface area contributed by atoms with Gasteiger partial charge in [0.1, 0.15) is 5.82 Å². The summed E-state index contributed by atoms with van der Waals surface area (Å²) in [6, 6.07) is 9.24. The summed E-state index contributed by atoms with van der Waals surface area (Å²) >= 11 is 0. The fourth-order valence-electron chi connectivity index (χ4n) is 3.21. The molecule has 0 saturated carbocycles. The Labute approximate surface area is 153 Å². The lowest BCUT2D eigenvalue weighted by Gasteiger charge is -2.35. The van der Waals surface area contributed by atoms with Crippen molar-refractivity contribution in [3.05, 3.63) is 59.2 Å². The molecule has 0 atom stereocenters. The third-order valence-electron chi connectivity index (χ3n) is 4.90. The van der Waals surface area contributed by atoms with Crippen LogP contribution >= 0.6 is 0 Å². The molecular weight excluding hydrogens is 331 g/mol. The Balaban J connectivity index is 1.56. The summed E-state index contributed by atoms with van der Waals surface area (Å²) in [5, 5.41) is 0. The highest BCUT2D eigenvalue weighted by Gasteiger charge is 2.18. The molecule has 2 aromatic rings. The summed E-state index contributed by atoms with van der Waals surface area (Å²) in [5.74, 6) is -0.0715. The minimum absolute atomic E-state index is 0.129. The summed E-state index contributed by atoms with van der Waals surface area (Å²) in [6.07, 6.45) is 3.17. The van der Waals surface area contributed by atoms with Crippen LogP contribution < -0.4 is 10.6 Å². The molecule has 0 radical (unpaired) electrons. The Morgan fingerprint density at radius 2 is 1.92 bits per heavy atom. The topological polar surface area (TPSA) is 62.5 Å². The molecule has 1 saturated heterocycles. The predicted octanol–water partition coefficient (Wildman–Crippen LogP) is 2.13. The van der Waals surface area contributed by atoms with Gasteiger partial charge in [-0.25, -0.2) is 4.39 Å². The molecule has 0 spiro atoms. The van der Waals surface area contributed by atoms with Gasteiger partial charge in [-0.05, 0) is 42.2 Å². The van der Waals surface area contributed by atoms with Crippen LogP contribution in [0.5, 0.6) is 0 Å². The number of pyridine rings is 1. The SMILES string of the molecule is CC(=O)N1CCN(c2ccc(CCc3ccc(CN)cc3F)nc2)CC1. The molecule has 1 fully saturated rings. The average Bonchev–Trinajstić information content (AvgIpc) is 2.67. The van der Waals surface area contributed by atoms with Gasteiger partial charge in [0, 0.05) is 45.3 Å². The van der Waals surface area contributed by atoms with Crippen molar-refractivity contribution in [3.63, 3.8) is 0 Å². The molecule has 2 N–H and O–H groups in total. The quantitative estimate of drug-likeness (QED) is 0.892. The van der Waals surface area contributed by atoms with Gasteiger partial charge < -0.3 is 15.5 Å². The Kier molecular flexibility index (Phi) is 5.83. The Morgan fingerprint density at radius 3 is 2.50 bits per heavy atom. The maximum absolute atomic E-state index is 14.0. The van der Waals surface area contributed by atoms with Crippen molar-refractivity contribution < 1.29 is 9.18 Å². The van der Waals surface area contributed by atoms with Gasteiger partial charge in [-0.2, -0.15) is 0 Å². The second-order valence-corrected chi connectivity index (χ2v) is 6.63. The molecule has 3 rings (SSSR count). The highest BCUT2D eigenvalue weighted by atomic mass is 19.1. The van der Waals surface area contributed by atoms with Gasteiger partial charge in [-0.3, -0.25) is 9.78 Å². The van der Waals surface area contributed by atoms with Crippen LogP contribution in [-0.2, 0) is 24.2 Å². The number of hydrogen-bond acceptors (Lipinski definition) is 4. The van der Waals surface area contributed by atoms with E-state index in [0.717, 1.165) is 43.1 Å². The summed E-state index contributed by atoms with van der Waals surface area (Å²) < 4.78 is 14.0. The summed E-state index contributed by atoms with van der Waals surface area (Å²) in [7, 11) is 0. The van der Waals surface area contributed by atoms with Gasteiger partial charge in [-0.15, -0.1) is 0 Å². The van der Waals surface area contributed by atoms with Crippen LogP contribution in [0.2, 0.25) is 0 Å². The highest BCUT2D eigenvalue weighted by molar-refractivity contribution is 5.73. The molecule has 26 heavy (non-hydrogen) atoms. The zero-order chi connectivity index (χ0) is 18.5. The number of carbonyl (C=O) groups is 1. The molecule has 0 unspecified atom stereocenters. The zero-order valence-electron chi connectivity index (χ0n) is 15.1. The van der Waals surface area contributed by atoms with Crippen LogP contribution in [0.15, 0.2) is 36.5 Å². The van der Waals surface area contributed by atoms with Crippen molar-refractivity contribution in [1.82, 2.24) is 9.88 Å². The van der Waals surface area contributed by atoms with E-state index in [0.29, 0.717) is 24.9 Å². The van der Waals surface area contributed by atoms with Gasteiger partial charge in [0.25, 0.3) is 0 Å². The number of anilines is 1. The maximum Gasteiger partial charge on any atom is 0.219 e. The zero-order valence-corrected chi connectivity index (χ0v) is 15.1. The first kappa shape index (κ1) is 18.3. The second kappa shape index (κ2) is 8.27. The molecule has 1 aromatic carbocycles. The summed E-state index contributed by atoms with van der Waals surface area (Å²) in [6.45, 7) is 5.09. The van der Waals surface area contributed by atoms with Crippen molar-refractivity contribution >= 4 is 11.6 Å². The molecule has 0 bridgehead atoms. The maximum atomic E-state index is 14.0. The number of nitrogens with two attached hydrogens (primary N) is 1. The lowest BCUT2D eigenvalue weighted by molar-refractivity contribution is -0.129. The van der Waals surface area contributed by atoms with Gasteiger partial charge in [0.15, 0.2) is 0 Å². The molecular formula is C20H25FN4O. The predicted molar refractivity (Wildman–Crippen MR) is 100 cm³/mol. The van der Waals surface area contributed by atoms with Crippen LogP contribution in [0, 0.1) is 5.82 Å². The number of benzene rings is 1. The molecule has 1 aromatic heterocycles. The third kappa shape index (κ3) is 4.38. The van der Waals surface area contributed by atoms with Gasteiger partial charge in [-0.1, -0.05) is 12.1 Å². The van der Waals surface area contributed by atoms with Crippen LogP contribution in [-0.4, -0.2) is 42.0 Å². The van der Waals surface area contributed by atoms with E-state index in [-0.39, 0.29) is 11.7 Å². The van der Waals surface area contributed by atoms with E-state index in [4.69, 9.17) is 5.73 Å². The lowest BCUT2D eigenvalue weighted by Crippen LogP contribution is -2.48. The Bertz CT molecular complexity index is 755. The molecule has 5 nitrogen and oxygen atoms in total. The fourth-order valence-corrected chi connectivity index (χ4v) is 3.21. The fraction of sp³-hybridized carbons (Fsp3) is 0.400. The summed E-state index contributed by atoms with van der Waals surface area (Å²) in [4.78, 5) is 20.0. The monoisotopic (exact) mass is 356 g/mol. The molecule has 6 heteroatoms. The van der Waals surface area contributed by atoms with Crippen molar-refractivity contribution in [2.45, 2.75) is 26.3 Å². The smallest absolute Gasteiger partial charge is 0.219 e. The molecule has 1 aliphatic heterocycles. The second-order valence-electron chi connectivity index (χ2n) is 6.63. The minimum Gasteiger partial charge on any atom is -0.367 e. The normalized spacial score (nSPS) is 14.6. The van der Waals surface area contributed by atoms with Crippen molar-refractivity contribution in [2.24, 2.45) is 5.73 Å². The molecule has 0 aliphatic carbocycles. The number of aryl methyl sites for hydroxylation is 2. The first-order valence-electron chi connectivity index (χ1n) is 8.99. The first-order chi connectivity index (χ1) is 12.6. The van der Waals surface area contributed by atoms with Gasteiger partial charge >= 0.3 is 0 Å². The van der Waals surface area contributed by atoms with E-state index < -0.39 is 0 Å².